The van der Waals surface area contributed by atoms with E-state index in [1.807, 2.05) is 0 Å². The third-order valence-corrected chi connectivity index (χ3v) is 1.95. The van der Waals surface area contributed by atoms with Gasteiger partial charge in [0.05, 0.1) is 0 Å². The summed E-state index contributed by atoms with van der Waals surface area (Å²) in [5.74, 6) is 0.669. The van der Waals surface area contributed by atoms with Crippen molar-refractivity contribution in [1.29, 1.82) is 0 Å². The fourth-order valence-electron chi connectivity index (χ4n) is 1.22. The van der Waals surface area contributed by atoms with Gasteiger partial charge in [-0.25, -0.2) is 0 Å². The summed E-state index contributed by atoms with van der Waals surface area (Å²) >= 11 is 0. The summed E-state index contributed by atoms with van der Waals surface area (Å²) in [6.45, 7) is 13.2. The first-order chi connectivity index (χ1) is 7.16. The van der Waals surface area contributed by atoms with Gasteiger partial charge in [-0.1, -0.05) is 40.0 Å². The van der Waals surface area contributed by atoms with E-state index in [9.17, 15) is 4.79 Å². The van der Waals surface area contributed by atoms with Gasteiger partial charge in [0.1, 0.15) is 0 Å². The molecule has 0 aromatic heterocycles. The molecule has 0 aromatic carbocycles. The van der Waals surface area contributed by atoms with E-state index in [4.69, 9.17) is 0 Å². The number of carbonyl (C=O) groups is 1. The van der Waals surface area contributed by atoms with E-state index in [-0.39, 0.29) is 7.33 Å². The van der Waals surface area contributed by atoms with Crippen LogP contribution in [0.25, 0.3) is 0 Å². The fourth-order valence-corrected chi connectivity index (χ4v) is 1.22. The quantitative estimate of drug-likeness (QED) is 0.508. The first-order valence-electron chi connectivity index (χ1n) is 5.93. The Morgan fingerprint density at radius 2 is 1.87 bits per heavy atom. The fraction of sp³-hybridized carbons (Fsp3) is 0.769. The van der Waals surface area contributed by atoms with Crippen LogP contribution < -0.4 is 5.32 Å². The highest BCUT2D eigenvalue weighted by Crippen LogP contribution is 1.99. The molecule has 0 aliphatic heterocycles. The number of hydrogen-bond donors (Lipinski definition) is 1. The van der Waals surface area contributed by atoms with Crippen molar-refractivity contribution in [3.05, 3.63) is 13.2 Å². The topological polar surface area (TPSA) is 29.1 Å². The third-order valence-electron chi connectivity index (χ3n) is 1.95. The average Bonchev–Trinajstić information content (AvgIpc) is 2.19. The monoisotopic (exact) mass is 215 g/mol. The van der Waals surface area contributed by atoms with Crippen LogP contribution in [0, 0.1) is 5.92 Å². The maximum Gasteiger partial charge on any atom is 0.220 e. The first-order valence-corrected chi connectivity index (χ1v) is 5.93. The van der Waals surface area contributed by atoms with Gasteiger partial charge in [0, 0.05) is 14.4 Å². The summed E-state index contributed by atoms with van der Waals surface area (Å²) in [4.78, 5) is 11.2. The Morgan fingerprint density at radius 3 is 2.33 bits per heavy atom. The van der Waals surface area contributed by atoms with Crippen molar-refractivity contribution in [2.45, 2.75) is 52.9 Å². The van der Waals surface area contributed by atoms with Crippen LogP contribution >= 0.6 is 0 Å². The lowest BCUT2D eigenvalue weighted by Crippen LogP contribution is -2.25. The molecule has 0 unspecified atom stereocenters. The summed E-state index contributed by atoms with van der Waals surface area (Å²) in [6.07, 6.45) is 5.55. The van der Waals surface area contributed by atoms with Gasteiger partial charge in [-0.05, 0) is 12.3 Å². The number of rotatable bonds is 7. The number of amides is 1. The summed E-state index contributed by atoms with van der Waals surface area (Å²) < 4.78 is 0. The third kappa shape index (κ3) is 15.9. The molecule has 0 aromatic rings. The molecule has 92 valence electrons. The molecule has 0 saturated carbocycles. The molecular weight excluding hydrogens is 186 g/mol. The molecule has 0 radical (unpaired) electrons. The predicted octanol–water partition coefficient (Wildman–Crippen LogP) is 3.78. The molecule has 2 nitrogen and oxygen atoms in total. The number of unbranched alkanes of at least 4 members (excludes halogenated alkanes) is 3. The minimum atomic E-state index is 0. The lowest BCUT2D eigenvalue weighted by molar-refractivity contribution is -0.121. The van der Waals surface area contributed by atoms with E-state index in [0.717, 1.165) is 13.0 Å². The zero-order valence-electron chi connectivity index (χ0n) is 10.6. The summed E-state index contributed by atoms with van der Waals surface area (Å²) in [7, 11) is 0. The number of carbonyl (C=O) groups excluding carboxylic acids is 1. The Bertz CT molecular complexity index is 149. The molecule has 2 heteroatoms. The molecule has 0 spiro atoms. The van der Waals surface area contributed by atoms with Gasteiger partial charge in [0.25, 0.3) is 0 Å². The Labute approximate surface area is 96.6 Å². The lowest BCUT2D eigenvalue weighted by atomic mass is 10.1. The van der Waals surface area contributed by atoms with Gasteiger partial charge in [-0.3, -0.25) is 4.79 Å². The predicted molar refractivity (Wildman–Crippen MR) is 70.0 cm³/mol. The smallest absolute Gasteiger partial charge is 0.220 e. The molecule has 0 heterocycles. The highest BCUT2D eigenvalue weighted by molar-refractivity contribution is 5.75. The van der Waals surface area contributed by atoms with E-state index in [1.165, 1.54) is 19.3 Å². The highest BCUT2D eigenvalue weighted by atomic mass is 16.1. The molecule has 0 saturated heterocycles. The van der Waals surface area contributed by atoms with Crippen LogP contribution in [0.1, 0.15) is 54.3 Å². The zero-order valence-corrected chi connectivity index (χ0v) is 10.6. The molecule has 0 bridgehead atoms. The van der Waals surface area contributed by atoms with E-state index in [1.54, 1.807) is 0 Å². The van der Waals surface area contributed by atoms with E-state index in [2.05, 4.69) is 39.2 Å². The van der Waals surface area contributed by atoms with Gasteiger partial charge in [-0.15, -0.1) is 13.2 Å². The van der Waals surface area contributed by atoms with Crippen LogP contribution in [0.5, 0.6) is 0 Å². The minimum absolute atomic E-state index is 0. The first kappa shape index (κ1) is 16.6. The zero-order chi connectivity index (χ0) is 12.1. The molecule has 1 amide bonds. The molecule has 0 aliphatic carbocycles. The van der Waals surface area contributed by atoms with Gasteiger partial charge in [-0.2, -0.15) is 0 Å². The van der Waals surface area contributed by atoms with Crippen LogP contribution in [-0.4, -0.2) is 12.5 Å². The Balaban J connectivity index is -0.000000529. The van der Waals surface area contributed by atoms with Gasteiger partial charge in [0.15, 0.2) is 0 Å². The van der Waals surface area contributed by atoms with E-state index >= 15 is 0 Å². The SMILES string of the molecule is C=C.CCCCCCNC(=O)CC(C)C.[HH]. The maximum absolute atomic E-state index is 11.2. The minimum Gasteiger partial charge on any atom is -0.356 e. The summed E-state index contributed by atoms with van der Waals surface area (Å²) in [5.41, 5.74) is 0. The molecule has 1 N–H and O–H groups in total. The normalized spacial score (nSPS) is 9.33. The number of nitrogens with one attached hydrogen (secondary N) is 1. The van der Waals surface area contributed by atoms with Crippen LogP contribution in [0.4, 0.5) is 0 Å². The molecule has 0 rings (SSSR count). The van der Waals surface area contributed by atoms with E-state index in [0.29, 0.717) is 12.3 Å². The second-order valence-electron chi connectivity index (χ2n) is 4.01. The second-order valence-corrected chi connectivity index (χ2v) is 4.01. The summed E-state index contributed by atoms with van der Waals surface area (Å²) in [5, 5.41) is 2.93. The molecule has 0 aliphatic rings. The van der Waals surface area contributed by atoms with Crippen molar-refractivity contribution in [2.24, 2.45) is 5.92 Å². The van der Waals surface area contributed by atoms with Crippen molar-refractivity contribution < 1.29 is 6.22 Å². The van der Waals surface area contributed by atoms with Crippen LogP contribution in [0.3, 0.4) is 0 Å². The van der Waals surface area contributed by atoms with Crippen molar-refractivity contribution in [1.82, 2.24) is 5.32 Å². The van der Waals surface area contributed by atoms with Gasteiger partial charge in [0.2, 0.25) is 5.91 Å². The Morgan fingerprint density at radius 1 is 1.27 bits per heavy atom. The Hall–Kier alpha value is -0.790. The lowest BCUT2D eigenvalue weighted by Gasteiger charge is -2.06. The highest BCUT2D eigenvalue weighted by Gasteiger charge is 2.02. The summed E-state index contributed by atoms with van der Waals surface area (Å²) in [6, 6.07) is 0. The standard InChI is InChI=1S/C11H23NO.C2H4.H2/c1-4-5-6-7-8-12-11(13)9-10(2)3;1-2;/h10H,4-9H2,1-3H3,(H,12,13);1-2H2;1H. The van der Waals surface area contributed by atoms with Gasteiger partial charge >= 0.3 is 0 Å². The second kappa shape index (κ2) is 13.2. The van der Waals surface area contributed by atoms with Crippen LogP contribution in [0.2, 0.25) is 0 Å². The van der Waals surface area contributed by atoms with Crippen molar-refractivity contribution >= 4 is 5.91 Å². The van der Waals surface area contributed by atoms with E-state index < -0.39 is 0 Å². The van der Waals surface area contributed by atoms with Crippen LogP contribution in [0.15, 0.2) is 13.2 Å². The Kier molecular flexibility index (Phi) is 14.6. The van der Waals surface area contributed by atoms with Crippen molar-refractivity contribution in [3.63, 3.8) is 0 Å². The van der Waals surface area contributed by atoms with Crippen LogP contribution in [-0.2, 0) is 4.79 Å². The average molecular weight is 215 g/mol. The maximum atomic E-state index is 11.2. The van der Waals surface area contributed by atoms with Crippen molar-refractivity contribution in [3.8, 4) is 0 Å². The molecule has 0 fully saturated rings. The van der Waals surface area contributed by atoms with Crippen molar-refractivity contribution in [2.75, 3.05) is 6.54 Å². The molecular formula is C13H29NO. The largest absolute Gasteiger partial charge is 0.356 e. The van der Waals surface area contributed by atoms with Gasteiger partial charge < -0.3 is 5.32 Å². The number of hydrogen-bond acceptors (Lipinski definition) is 1. The molecule has 0 atom stereocenters. The molecule has 15 heavy (non-hydrogen) atoms.